The van der Waals surface area contributed by atoms with Crippen LogP contribution in [-0.2, 0) is 4.74 Å². The second kappa shape index (κ2) is 6.45. The summed E-state index contributed by atoms with van der Waals surface area (Å²) in [6, 6.07) is 8.16. The minimum atomic E-state index is 0.486. The summed E-state index contributed by atoms with van der Waals surface area (Å²) in [6.45, 7) is 1.74. The summed E-state index contributed by atoms with van der Waals surface area (Å²) in [5.74, 6) is 0.972. The number of benzene rings is 1. The van der Waals surface area contributed by atoms with Gasteiger partial charge in [-0.3, -0.25) is 0 Å². The Morgan fingerprint density at radius 2 is 2.38 bits per heavy atom. The Morgan fingerprint density at radius 1 is 1.44 bits per heavy atom. The van der Waals surface area contributed by atoms with Crippen molar-refractivity contribution in [1.82, 2.24) is 0 Å². The zero-order valence-corrected chi connectivity index (χ0v) is 11.5. The zero-order chi connectivity index (χ0) is 11.2. The lowest BCUT2D eigenvalue weighted by molar-refractivity contribution is 0.0981. The summed E-state index contributed by atoms with van der Waals surface area (Å²) >= 11 is 2.30. The summed E-state index contributed by atoms with van der Waals surface area (Å²) < 4.78 is 12.5. The van der Waals surface area contributed by atoms with Crippen molar-refractivity contribution < 1.29 is 9.47 Å². The van der Waals surface area contributed by atoms with E-state index in [1.54, 1.807) is 0 Å². The number of hydrogen-bond acceptors (Lipinski definition) is 2. The van der Waals surface area contributed by atoms with Crippen molar-refractivity contribution >= 4 is 22.6 Å². The third-order valence-corrected chi connectivity index (χ3v) is 3.43. The molecule has 2 rings (SSSR count). The highest BCUT2D eigenvalue weighted by Crippen LogP contribution is 2.18. The summed E-state index contributed by atoms with van der Waals surface area (Å²) in [5.41, 5.74) is 0. The van der Waals surface area contributed by atoms with E-state index in [-0.39, 0.29) is 0 Å². The van der Waals surface area contributed by atoms with Crippen LogP contribution in [0.5, 0.6) is 5.75 Å². The van der Waals surface area contributed by atoms with E-state index in [4.69, 9.17) is 9.47 Å². The van der Waals surface area contributed by atoms with Gasteiger partial charge in [-0.25, -0.2) is 0 Å². The fourth-order valence-electron chi connectivity index (χ4n) is 1.93. The maximum atomic E-state index is 5.69. The molecule has 1 atom stereocenters. The lowest BCUT2D eigenvalue weighted by Gasteiger charge is -2.10. The van der Waals surface area contributed by atoms with Gasteiger partial charge in [-0.2, -0.15) is 0 Å². The fourth-order valence-corrected chi connectivity index (χ4v) is 2.44. The van der Waals surface area contributed by atoms with Crippen LogP contribution in [0.3, 0.4) is 0 Å². The quantitative estimate of drug-likeness (QED) is 0.606. The molecular weight excluding hydrogens is 315 g/mol. The number of halogens is 1. The molecule has 1 aromatic carbocycles. The van der Waals surface area contributed by atoms with Crippen LogP contribution in [-0.4, -0.2) is 19.3 Å². The summed E-state index contributed by atoms with van der Waals surface area (Å²) in [6.07, 6.45) is 5.14. The van der Waals surface area contributed by atoms with Crippen molar-refractivity contribution in [3.63, 3.8) is 0 Å². The van der Waals surface area contributed by atoms with Gasteiger partial charge in [0.25, 0.3) is 0 Å². The van der Waals surface area contributed by atoms with Crippen LogP contribution in [0.1, 0.15) is 25.7 Å². The third kappa shape index (κ3) is 3.94. The van der Waals surface area contributed by atoms with E-state index in [0.717, 1.165) is 31.8 Å². The Bertz CT molecular complexity index is 321. The molecule has 3 heteroatoms. The highest BCUT2D eigenvalue weighted by atomic mass is 127. The SMILES string of the molecule is Ic1cccc(OCCCC2CCCO2)c1. The van der Waals surface area contributed by atoms with Crippen LogP contribution in [0.4, 0.5) is 0 Å². The first-order valence-corrected chi connectivity index (χ1v) is 6.92. The lowest BCUT2D eigenvalue weighted by atomic mass is 10.1. The molecule has 2 nitrogen and oxygen atoms in total. The van der Waals surface area contributed by atoms with Gasteiger partial charge in [0.05, 0.1) is 12.7 Å². The molecule has 1 aliphatic heterocycles. The molecule has 16 heavy (non-hydrogen) atoms. The molecule has 0 amide bonds. The number of ether oxygens (including phenoxy) is 2. The largest absolute Gasteiger partial charge is 0.494 e. The van der Waals surface area contributed by atoms with Crippen LogP contribution in [0.15, 0.2) is 24.3 Å². The van der Waals surface area contributed by atoms with Gasteiger partial charge in [-0.1, -0.05) is 6.07 Å². The Morgan fingerprint density at radius 3 is 3.12 bits per heavy atom. The maximum Gasteiger partial charge on any atom is 0.120 e. The predicted molar refractivity (Wildman–Crippen MR) is 72.9 cm³/mol. The lowest BCUT2D eigenvalue weighted by Crippen LogP contribution is -2.07. The normalized spacial score (nSPS) is 19.9. The molecule has 0 radical (unpaired) electrons. The van der Waals surface area contributed by atoms with E-state index in [1.807, 2.05) is 12.1 Å². The first kappa shape index (κ1) is 12.2. The summed E-state index contributed by atoms with van der Waals surface area (Å²) in [7, 11) is 0. The molecular formula is C13H17IO2. The first-order chi connectivity index (χ1) is 7.84. The number of rotatable bonds is 5. The predicted octanol–water partition coefficient (Wildman–Crippen LogP) is 3.63. The molecule has 0 spiro atoms. The molecule has 1 fully saturated rings. The maximum absolute atomic E-state index is 5.69. The van der Waals surface area contributed by atoms with Gasteiger partial charge in [0.15, 0.2) is 0 Å². The van der Waals surface area contributed by atoms with Crippen molar-refractivity contribution in [3.8, 4) is 5.75 Å². The van der Waals surface area contributed by atoms with Gasteiger partial charge in [-0.05, 0) is 66.5 Å². The molecule has 0 aromatic heterocycles. The van der Waals surface area contributed by atoms with E-state index in [9.17, 15) is 0 Å². The standard InChI is InChI=1S/C13H17IO2/c14-11-4-1-5-13(10-11)16-9-3-7-12-6-2-8-15-12/h1,4-5,10,12H,2-3,6-9H2. The van der Waals surface area contributed by atoms with Crippen molar-refractivity contribution in [2.75, 3.05) is 13.2 Å². The molecule has 1 aromatic rings. The average Bonchev–Trinajstić information content (AvgIpc) is 2.77. The molecule has 0 saturated carbocycles. The van der Waals surface area contributed by atoms with Gasteiger partial charge >= 0.3 is 0 Å². The number of hydrogen-bond donors (Lipinski definition) is 0. The van der Waals surface area contributed by atoms with Crippen LogP contribution >= 0.6 is 22.6 Å². The van der Waals surface area contributed by atoms with Gasteiger partial charge < -0.3 is 9.47 Å². The fraction of sp³-hybridized carbons (Fsp3) is 0.538. The second-order valence-corrected chi connectivity index (χ2v) is 5.33. The average molecular weight is 332 g/mol. The Kier molecular flexibility index (Phi) is 4.91. The minimum Gasteiger partial charge on any atom is -0.494 e. The molecule has 1 aliphatic rings. The Labute approximate surface area is 110 Å². The van der Waals surface area contributed by atoms with Gasteiger partial charge in [0.2, 0.25) is 0 Å². The molecule has 0 bridgehead atoms. The highest BCUT2D eigenvalue weighted by molar-refractivity contribution is 14.1. The van der Waals surface area contributed by atoms with Crippen LogP contribution in [0.2, 0.25) is 0 Å². The van der Waals surface area contributed by atoms with Crippen molar-refractivity contribution in [3.05, 3.63) is 27.8 Å². The van der Waals surface area contributed by atoms with E-state index in [1.165, 1.54) is 16.4 Å². The smallest absolute Gasteiger partial charge is 0.120 e. The van der Waals surface area contributed by atoms with E-state index in [2.05, 4.69) is 34.7 Å². The van der Waals surface area contributed by atoms with E-state index >= 15 is 0 Å². The molecule has 0 N–H and O–H groups in total. The Hall–Kier alpha value is -0.290. The molecule has 0 aliphatic carbocycles. The third-order valence-electron chi connectivity index (χ3n) is 2.76. The second-order valence-electron chi connectivity index (χ2n) is 4.08. The van der Waals surface area contributed by atoms with Crippen LogP contribution < -0.4 is 4.74 Å². The topological polar surface area (TPSA) is 18.5 Å². The van der Waals surface area contributed by atoms with E-state index < -0.39 is 0 Å². The van der Waals surface area contributed by atoms with Crippen molar-refractivity contribution in [2.24, 2.45) is 0 Å². The molecule has 1 unspecified atom stereocenters. The van der Waals surface area contributed by atoms with Gasteiger partial charge in [0, 0.05) is 10.2 Å². The van der Waals surface area contributed by atoms with E-state index in [0.29, 0.717) is 6.10 Å². The van der Waals surface area contributed by atoms with Gasteiger partial charge in [-0.15, -0.1) is 0 Å². The summed E-state index contributed by atoms with van der Waals surface area (Å²) in [5, 5.41) is 0. The minimum absolute atomic E-state index is 0.486. The zero-order valence-electron chi connectivity index (χ0n) is 9.32. The monoisotopic (exact) mass is 332 g/mol. The highest BCUT2D eigenvalue weighted by Gasteiger charge is 2.14. The van der Waals surface area contributed by atoms with Crippen molar-refractivity contribution in [1.29, 1.82) is 0 Å². The molecule has 1 saturated heterocycles. The van der Waals surface area contributed by atoms with Crippen LogP contribution in [0.25, 0.3) is 0 Å². The van der Waals surface area contributed by atoms with Crippen molar-refractivity contribution in [2.45, 2.75) is 31.8 Å². The Balaban J connectivity index is 1.64. The first-order valence-electron chi connectivity index (χ1n) is 5.84. The summed E-state index contributed by atoms with van der Waals surface area (Å²) in [4.78, 5) is 0. The molecule has 1 heterocycles. The van der Waals surface area contributed by atoms with Gasteiger partial charge in [0.1, 0.15) is 5.75 Å². The van der Waals surface area contributed by atoms with Crippen LogP contribution in [0, 0.1) is 3.57 Å². The molecule has 88 valence electrons.